The van der Waals surface area contributed by atoms with Gasteiger partial charge in [-0.3, -0.25) is 9.78 Å². The maximum absolute atomic E-state index is 11.1. The van der Waals surface area contributed by atoms with Crippen molar-refractivity contribution in [3.05, 3.63) is 29.6 Å². The van der Waals surface area contributed by atoms with E-state index >= 15 is 0 Å². The Morgan fingerprint density at radius 3 is 2.93 bits per heavy atom. The number of pyridine rings is 1. The molecule has 1 heterocycles. The van der Waals surface area contributed by atoms with Crippen LogP contribution < -0.4 is 10.6 Å². The summed E-state index contributed by atoms with van der Waals surface area (Å²) >= 11 is 0. The molecule has 0 aliphatic heterocycles. The Bertz CT molecular complexity index is 312. The zero-order valence-corrected chi connectivity index (χ0v) is 8.50. The highest BCUT2D eigenvalue weighted by Crippen LogP contribution is 1.96. The molecule has 1 aromatic heterocycles. The molecule has 14 heavy (non-hydrogen) atoms. The van der Waals surface area contributed by atoms with E-state index in [4.69, 9.17) is 0 Å². The van der Waals surface area contributed by atoms with Crippen molar-refractivity contribution >= 4 is 5.91 Å². The molecular formula is C10H15N3O. The van der Waals surface area contributed by atoms with E-state index < -0.39 is 0 Å². The summed E-state index contributed by atoms with van der Waals surface area (Å²) in [4.78, 5) is 15.4. The number of nitrogens with zero attached hydrogens (tertiary/aromatic N) is 1. The van der Waals surface area contributed by atoms with Gasteiger partial charge in [-0.2, -0.15) is 0 Å². The van der Waals surface area contributed by atoms with Gasteiger partial charge >= 0.3 is 0 Å². The molecule has 76 valence electrons. The zero-order chi connectivity index (χ0) is 10.4. The largest absolute Gasteiger partial charge is 0.349 e. The van der Waals surface area contributed by atoms with Gasteiger partial charge in [0.15, 0.2) is 0 Å². The topological polar surface area (TPSA) is 54.0 Å². The molecule has 0 aliphatic carbocycles. The SMILES string of the molecule is CNCC(=O)NCc1cccc(C)n1. The fourth-order valence-corrected chi connectivity index (χ4v) is 1.11. The second kappa shape index (κ2) is 5.34. The van der Waals surface area contributed by atoms with Crippen LogP contribution in [0.25, 0.3) is 0 Å². The van der Waals surface area contributed by atoms with E-state index in [0.29, 0.717) is 13.1 Å². The minimum atomic E-state index is -0.0178. The maximum Gasteiger partial charge on any atom is 0.234 e. The molecule has 2 N–H and O–H groups in total. The summed E-state index contributed by atoms with van der Waals surface area (Å²) < 4.78 is 0. The Kier molecular flexibility index (Phi) is 4.07. The minimum Gasteiger partial charge on any atom is -0.349 e. The summed E-state index contributed by atoms with van der Waals surface area (Å²) in [5.74, 6) is -0.0178. The van der Waals surface area contributed by atoms with Crippen LogP contribution in [0.2, 0.25) is 0 Å². The van der Waals surface area contributed by atoms with Crippen LogP contribution in [0.15, 0.2) is 18.2 Å². The Morgan fingerprint density at radius 2 is 2.29 bits per heavy atom. The van der Waals surface area contributed by atoms with E-state index in [0.717, 1.165) is 11.4 Å². The van der Waals surface area contributed by atoms with Crippen molar-refractivity contribution in [1.29, 1.82) is 0 Å². The number of nitrogens with one attached hydrogen (secondary N) is 2. The van der Waals surface area contributed by atoms with Gasteiger partial charge in [0, 0.05) is 5.69 Å². The third-order valence-corrected chi connectivity index (χ3v) is 1.75. The minimum absolute atomic E-state index is 0.0178. The number of aryl methyl sites for hydroxylation is 1. The van der Waals surface area contributed by atoms with E-state index in [2.05, 4.69) is 15.6 Å². The van der Waals surface area contributed by atoms with Gasteiger partial charge in [0.2, 0.25) is 5.91 Å². The lowest BCUT2D eigenvalue weighted by molar-refractivity contribution is -0.120. The third-order valence-electron chi connectivity index (χ3n) is 1.75. The van der Waals surface area contributed by atoms with Crippen molar-refractivity contribution in [2.75, 3.05) is 13.6 Å². The molecule has 1 aromatic rings. The van der Waals surface area contributed by atoms with Gasteiger partial charge in [-0.15, -0.1) is 0 Å². The fourth-order valence-electron chi connectivity index (χ4n) is 1.11. The Morgan fingerprint density at radius 1 is 1.50 bits per heavy atom. The number of hydrogen-bond donors (Lipinski definition) is 2. The highest BCUT2D eigenvalue weighted by atomic mass is 16.1. The summed E-state index contributed by atoms with van der Waals surface area (Å²) in [5, 5.41) is 5.55. The third kappa shape index (κ3) is 3.53. The van der Waals surface area contributed by atoms with Gasteiger partial charge in [-0.05, 0) is 26.1 Å². The van der Waals surface area contributed by atoms with E-state index in [1.54, 1.807) is 7.05 Å². The molecule has 0 aromatic carbocycles. The van der Waals surface area contributed by atoms with Crippen LogP contribution >= 0.6 is 0 Å². The fraction of sp³-hybridized carbons (Fsp3) is 0.400. The first-order valence-corrected chi connectivity index (χ1v) is 4.56. The Labute approximate surface area is 83.7 Å². The van der Waals surface area contributed by atoms with Gasteiger partial charge in [0.05, 0.1) is 18.8 Å². The first kappa shape index (κ1) is 10.7. The van der Waals surface area contributed by atoms with Crippen LogP contribution in [0.5, 0.6) is 0 Å². The van der Waals surface area contributed by atoms with Gasteiger partial charge in [0.1, 0.15) is 0 Å². The number of carbonyl (C=O) groups excluding carboxylic acids is 1. The van der Waals surface area contributed by atoms with Crippen molar-refractivity contribution in [2.24, 2.45) is 0 Å². The molecule has 0 fully saturated rings. The van der Waals surface area contributed by atoms with Crippen LogP contribution in [0.1, 0.15) is 11.4 Å². The van der Waals surface area contributed by atoms with Gasteiger partial charge in [-0.25, -0.2) is 0 Å². The van der Waals surface area contributed by atoms with E-state index in [1.807, 2.05) is 25.1 Å². The van der Waals surface area contributed by atoms with Gasteiger partial charge < -0.3 is 10.6 Å². The lowest BCUT2D eigenvalue weighted by Crippen LogP contribution is -2.31. The second-order valence-corrected chi connectivity index (χ2v) is 3.08. The number of likely N-dealkylation sites (N-methyl/N-ethyl adjacent to an activating group) is 1. The molecule has 0 unspecified atom stereocenters. The quantitative estimate of drug-likeness (QED) is 0.719. The number of rotatable bonds is 4. The van der Waals surface area contributed by atoms with Crippen LogP contribution in [-0.4, -0.2) is 24.5 Å². The summed E-state index contributed by atoms with van der Waals surface area (Å²) in [6, 6.07) is 5.76. The molecule has 0 spiro atoms. The number of carbonyl (C=O) groups is 1. The maximum atomic E-state index is 11.1. The summed E-state index contributed by atoms with van der Waals surface area (Å²) in [5.41, 5.74) is 1.85. The summed E-state index contributed by atoms with van der Waals surface area (Å²) in [6.07, 6.45) is 0. The Balaban J connectivity index is 2.41. The lowest BCUT2D eigenvalue weighted by atomic mass is 10.3. The van der Waals surface area contributed by atoms with E-state index in [-0.39, 0.29) is 5.91 Å². The highest BCUT2D eigenvalue weighted by Gasteiger charge is 1.99. The van der Waals surface area contributed by atoms with Crippen molar-refractivity contribution < 1.29 is 4.79 Å². The second-order valence-electron chi connectivity index (χ2n) is 3.08. The van der Waals surface area contributed by atoms with Crippen molar-refractivity contribution in [1.82, 2.24) is 15.6 Å². The molecule has 0 saturated carbocycles. The first-order valence-electron chi connectivity index (χ1n) is 4.56. The smallest absolute Gasteiger partial charge is 0.234 e. The predicted molar refractivity (Wildman–Crippen MR) is 54.7 cm³/mol. The lowest BCUT2D eigenvalue weighted by Gasteiger charge is -2.04. The van der Waals surface area contributed by atoms with Crippen LogP contribution in [0.3, 0.4) is 0 Å². The molecule has 4 nitrogen and oxygen atoms in total. The van der Waals surface area contributed by atoms with Crippen molar-refractivity contribution in [3.8, 4) is 0 Å². The molecule has 0 bridgehead atoms. The van der Waals surface area contributed by atoms with Gasteiger partial charge in [-0.1, -0.05) is 6.07 Å². The normalized spacial score (nSPS) is 9.86. The molecule has 1 rings (SSSR count). The number of amides is 1. The zero-order valence-electron chi connectivity index (χ0n) is 8.50. The number of hydrogen-bond acceptors (Lipinski definition) is 3. The number of aromatic nitrogens is 1. The first-order chi connectivity index (χ1) is 6.72. The van der Waals surface area contributed by atoms with Gasteiger partial charge in [0.25, 0.3) is 0 Å². The molecule has 0 aliphatic rings. The van der Waals surface area contributed by atoms with Crippen molar-refractivity contribution in [2.45, 2.75) is 13.5 Å². The molecule has 0 radical (unpaired) electrons. The average Bonchev–Trinajstić information content (AvgIpc) is 2.15. The average molecular weight is 193 g/mol. The van der Waals surface area contributed by atoms with E-state index in [1.165, 1.54) is 0 Å². The molecule has 0 saturated heterocycles. The van der Waals surface area contributed by atoms with Crippen LogP contribution in [0.4, 0.5) is 0 Å². The standard InChI is InChI=1S/C10H15N3O/c1-8-4-3-5-9(13-8)6-12-10(14)7-11-2/h3-5,11H,6-7H2,1-2H3,(H,12,14). The predicted octanol–water partition coefficient (Wildman–Crippen LogP) is 0.226. The molecule has 4 heteroatoms. The highest BCUT2D eigenvalue weighted by molar-refractivity contribution is 5.77. The molecule has 1 amide bonds. The van der Waals surface area contributed by atoms with Crippen LogP contribution in [-0.2, 0) is 11.3 Å². The molecular weight excluding hydrogens is 178 g/mol. The Hall–Kier alpha value is -1.42. The molecule has 0 atom stereocenters. The van der Waals surface area contributed by atoms with E-state index in [9.17, 15) is 4.79 Å². The summed E-state index contributed by atoms with van der Waals surface area (Å²) in [7, 11) is 1.74. The van der Waals surface area contributed by atoms with Crippen LogP contribution in [0, 0.1) is 6.92 Å². The van der Waals surface area contributed by atoms with Crippen molar-refractivity contribution in [3.63, 3.8) is 0 Å². The summed E-state index contributed by atoms with van der Waals surface area (Å²) in [6.45, 7) is 2.76. The monoisotopic (exact) mass is 193 g/mol.